The lowest BCUT2D eigenvalue weighted by Gasteiger charge is -2.33. The van der Waals surface area contributed by atoms with Gasteiger partial charge in [0.15, 0.2) is 6.04 Å². The first-order valence-electron chi connectivity index (χ1n) is 7.08. The number of quaternary nitrogens is 1. The fourth-order valence-electron chi connectivity index (χ4n) is 2.99. The number of aryl methyl sites for hydroxylation is 2. The third-order valence-corrected chi connectivity index (χ3v) is 4.55. The molecule has 0 aliphatic carbocycles. The minimum absolute atomic E-state index is 0.101. The first-order chi connectivity index (χ1) is 8.88. The van der Waals surface area contributed by atoms with Crippen molar-refractivity contribution in [1.82, 2.24) is 0 Å². The van der Waals surface area contributed by atoms with Crippen molar-refractivity contribution in [2.75, 3.05) is 32.1 Å². The first-order valence-corrected chi connectivity index (χ1v) is 7.08. The molecule has 1 heterocycles. The number of hydrogen-bond donors (Lipinski definition) is 0. The van der Waals surface area contributed by atoms with Crippen molar-refractivity contribution in [2.24, 2.45) is 0 Å². The second-order valence-corrected chi connectivity index (χ2v) is 6.13. The predicted molar refractivity (Wildman–Crippen MR) is 79.3 cm³/mol. The van der Waals surface area contributed by atoms with Gasteiger partial charge >= 0.3 is 0 Å². The molecular formula is C16H25N2O+. The van der Waals surface area contributed by atoms with Crippen LogP contribution < -0.4 is 4.90 Å². The number of anilines is 1. The van der Waals surface area contributed by atoms with Gasteiger partial charge in [-0.05, 0) is 31.9 Å². The quantitative estimate of drug-likeness (QED) is 0.766. The molecule has 1 unspecified atom stereocenters. The second kappa shape index (κ2) is 4.97. The van der Waals surface area contributed by atoms with Crippen molar-refractivity contribution in [3.05, 3.63) is 29.3 Å². The zero-order valence-corrected chi connectivity index (χ0v) is 12.7. The molecule has 1 aliphatic rings. The number of hydrogen-bond acceptors (Lipinski definition) is 1. The fraction of sp³-hybridized carbons (Fsp3) is 0.562. The Kier molecular flexibility index (Phi) is 3.68. The molecule has 104 valence electrons. The van der Waals surface area contributed by atoms with Gasteiger partial charge in [-0.25, -0.2) is 0 Å². The zero-order chi connectivity index (χ0) is 14.2. The summed E-state index contributed by atoms with van der Waals surface area (Å²) in [6, 6.07) is 6.33. The van der Waals surface area contributed by atoms with E-state index in [1.165, 1.54) is 11.1 Å². The molecule has 1 fully saturated rings. The van der Waals surface area contributed by atoms with E-state index in [0.29, 0.717) is 0 Å². The van der Waals surface area contributed by atoms with Crippen LogP contribution in [0.2, 0.25) is 0 Å². The number of likely N-dealkylation sites (N-methyl/N-ethyl adjacent to an activating group) is 1. The smallest absolute Gasteiger partial charge is 0.285 e. The Balaban J connectivity index is 2.33. The third kappa shape index (κ3) is 2.39. The molecule has 0 aromatic heterocycles. The zero-order valence-electron chi connectivity index (χ0n) is 12.7. The van der Waals surface area contributed by atoms with Gasteiger partial charge in [0, 0.05) is 18.7 Å². The summed E-state index contributed by atoms with van der Waals surface area (Å²) in [5.41, 5.74) is 3.50. The molecule has 0 bridgehead atoms. The summed E-state index contributed by atoms with van der Waals surface area (Å²) in [7, 11) is 4.30. The highest BCUT2D eigenvalue weighted by atomic mass is 16.2. The number of nitrogens with zero attached hydrogens (tertiary/aromatic N) is 2. The Morgan fingerprint density at radius 2 is 1.84 bits per heavy atom. The molecule has 1 aromatic carbocycles. The van der Waals surface area contributed by atoms with E-state index in [1.54, 1.807) is 0 Å². The number of carbonyl (C=O) groups excluding carboxylic acids is 1. The van der Waals surface area contributed by atoms with E-state index >= 15 is 0 Å². The van der Waals surface area contributed by atoms with Crippen LogP contribution in [0.4, 0.5) is 5.69 Å². The van der Waals surface area contributed by atoms with Gasteiger partial charge in [0.25, 0.3) is 5.91 Å². The summed E-state index contributed by atoms with van der Waals surface area (Å²) in [6.45, 7) is 8.15. The molecule has 0 saturated carbocycles. The van der Waals surface area contributed by atoms with E-state index in [-0.39, 0.29) is 11.9 Å². The van der Waals surface area contributed by atoms with Gasteiger partial charge in [-0.15, -0.1) is 0 Å². The van der Waals surface area contributed by atoms with Crippen LogP contribution in [-0.4, -0.2) is 43.6 Å². The molecule has 2 rings (SSSR count). The molecule has 0 radical (unpaired) electrons. The van der Waals surface area contributed by atoms with Crippen LogP contribution in [0.3, 0.4) is 0 Å². The van der Waals surface area contributed by atoms with Gasteiger partial charge in [-0.3, -0.25) is 4.79 Å². The standard InChI is InChI=1S/C16H25N2O/c1-6-18(4,5)14-10-11-17(16(14)19)15-12(2)8-7-9-13(15)3/h7-9,14H,6,10-11H2,1-5H3/q+1. The van der Waals surface area contributed by atoms with E-state index < -0.39 is 0 Å². The van der Waals surface area contributed by atoms with E-state index in [2.05, 4.69) is 53.1 Å². The Morgan fingerprint density at radius 1 is 1.26 bits per heavy atom. The fourth-order valence-corrected chi connectivity index (χ4v) is 2.99. The van der Waals surface area contributed by atoms with Gasteiger partial charge in [0.1, 0.15) is 0 Å². The van der Waals surface area contributed by atoms with Crippen molar-refractivity contribution in [1.29, 1.82) is 0 Å². The van der Waals surface area contributed by atoms with Gasteiger partial charge in [-0.2, -0.15) is 0 Å². The molecule has 1 saturated heterocycles. The second-order valence-electron chi connectivity index (χ2n) is 6.13. The highest BCUT2D eigenvalue weighted by Crippen LogP contribution is 2.31. The highest BCUT2D eigenvalue weighted by molar-refractivity contribution is 6.00. The monoisotopic (exact) mass is 261 g/mol. The summed E-state index contributed by atoms with van der Waals surface area (Å²) < 4.78 is 0.778. The van der Waals surface area contributed by atoms with Crippen LogP contribution in [0.15, 0.2) is 18.2 Å². The number of para-hydroxylation sites is 1. The average Bonchev–Trinajstić information content (AvgIpc) is 2.72. The maximum absolute atomic E-state index is 12.7. The maximum Gasteiger partial charge on any atom is 0.285 e. The van der Waals surface area contributed by atoms with Gasteiger partial charge in [0.05, 0.1) is 20.6 Å². The predicted octanol–water partition coefficient (Wildman–Crippen LogP) is 2.51. The lowest BCUT2D eigenvalue weighted by atomic mass is 10.1. The maximum atomic E-state index is 12.7. The van der Waals surface area contributed by atoms with Crippen LogP contribution in [0.5, 0.6) is 0 Å². The Labute approximate surface area is 116 Å². The van der Waals surface area contributed by atoms with E-state index in [4.69, 9.17) is 0 Å². The lowest BCUT2D eigenvalue weighted by molar-refractivity contribution is -0.903. The molecular weight excluding hydrogens is 236 g/mol. The summed E-state index contributed by atoms with van der Waals surface area (Å²) >= 11 is 0. The van der Waals surface area contributed by atoms with Gasteiger partial charge < -0.3 is 9.38 Å². The van der Waals surface area contributed by atoms with Gasteiger partial charge in [-0.1, -0.05) is 18.2 Å². The van der Waals surface area contributed by atoms with Crippen LogP contribution in [0.25, 0.3) is 0 Å². The highest BCUT2D eigenvalue weighted by Gasteiger charge is 2.43. The molecule has 3 nitrogen and oxygen atoms in total. The minimum Gasteiger partial charge on any atom is -0.318 e. The van der Waals surface area contributed by atoms with Gasteiger partial charge in [0.2, 0.25) is 0 Å². The summed E-state index contributed by atoms with van der Waals surface area (Å²) in [6.07, 6.45) is 0.952. The Hall–Kier alpha value is -1.35. The minimum atomic E-state index is 0.101. The molecule has 0 N–H and O–H groups in total. The SMILES string of the molecule is CC[N+](C)(C)C1CCN(c2c(C)cccc2C)C1=O. The lowest BCUT2D eigenvalue weighted by Crippen LogP contribution is -2.52. The summed E-state index contributed by atoms with van der Waals surface area (Å²) in [4.78, 5) is 14.7. The van der Waals surface area contributed by atoms with E-state index in [0.717, 1.165) is 29.7 Å². The van der Waals surface area contributed by atoms with E-state index in [1.807, 2.05) is 4.90 Å². The van der Waals surface area contributed by atoms with Crippen LogP contribution in [0, 0.1) is 13.8 Å². The molecule has 1 atom stereocenters. The first kappa shape index (κ1) is 14.1. The average molecular weight is 261 g/mol. The number of benzene rings is 1. The summed E-state index contributed by atoms with van der Waals surface area (Å²) in [5, 5.41) is 0. The van der Waals surface area contributed by atoms with Crippen molar-refractivity contribution in [3.8, 4) is 0 Å². The third-order valence-electron chi connectivity index (χ3n) is 4.55. The molecule has 0 spiro atoms. The topological polar surface area (TPSA) is 20.3 Å². The van der Waals surface area contributed by atoms with Crippen LogP contribution in [-0.2, 0) is 4.79 Å². The number of amides is 1. The molecule has 3 heteroatoms. The molecule has 1 amide bonds. The summed E-state index contributed by atoms with van der Waals surface area (Å²) in [5.74, 6) is 0.282. The van der Waals surface area contributed by atoms with Crippen molar-refractivity contribution < 1.29 is 9.28 Å². The van der Waals surface area contributed by atoms with Crippen molar-refractivity contribution in [3.63, 3.8) is 0 Å². The number of rotatable bonds is 3. The normalized spacial score (nSPS) is 20.2. The Bertz CT molecular complexity index is 473. The molecule has 1 aliphatic heterocycles. The molecule has 19 heavy (non-hydrogen) atoms. The van der Waals surface area contributed by atoms with Crippen molar-refractivity contribution in [2.45, 2.75) is 33.2 Å². The Morgan fingerprint density at radius 3 is 2.37 bits per heavy atom. The largest absolute Gasteiger partial charge is 0.318 e. The van der Waals surface area contributed by atoms with Crippen LogP contribution in [0.1, 0.15) is 24.5 Å². The van der Waals surface area contributed by atoms with E-state index in [9.17, 15) is 4.79 Å². The van der Waals surface area contributed by atoms with Crippen molar-refractivity contribution >= 4 is 11.6 Å². The molecule has 1 aromatic rings. The van der Waals surface area contributed by atoms with Crippen LogP contribution >= 0.6 is 0 Å². The number of carbonyl (C=O) groups is 1.